The third kappa shape index (κ3) is 3.43. The van der Waals surface area contributed by atoms with Gasteiger partial charge in [0.2, 0.25) is 0 Å². The first-order valence-electron chi connectivity index (χ1n) is 6.08. The number of carbonyl (C=O) groups excluding carboxylic acids is 1. The molecule has 0 spiro atoms. The quantitative estimate of drug-likeness (QED) is 0.665. The van der Waals surface area contributed by atoms with Crippen LogP contribution in [-0.4, -0.2) is 5.78 Å². The summed E-state index contributed by atoms with van der Waals surface area (Å²) in [5.41, 5.74) is 0.488. The van der Waals surface area contributed by atoms with Gasteiger partial charge in [-0.1, -0.05) is 27.2 Å². The zero-order valence-corrected chi connectivity index (χ0v) is 9.94. The summed E-state index contributed by atoms with van der Waals surface area (Å²) < 4.78 is 0. The topological polar surface area (TPSA) is 17.1 Å². The van der Waals surface area contributed by atoms with E-state index in [1.165, 1.54) is 12.8 Å². The maximum Gasteiger partial charge on any atom is 0.135 e. The molecule has 0 aromatic carbocycles. The second-order valence-corrected chi connectivity index (χ2v) is 5.51. The van der Waals surface area contributed by atoms with Crippen molar-refractivity contribution in [1.29, 1.82) is 0 Å². The normalized spacial score (nSPS) is 22.2. The summed E-state index contributed by atoms with van der Waals surface area (Å²) in [7, 11) is 0. The predicted molar refractivity (Wildman–Crippen MR) is 60.3 cm³/mol. The van der Waals surface area contributed by atoms with Crippen molar-refractivity contribution < 1.29 is 4.79 Å². The molecule has 0 atom stereocenters. The highest BCUT2D eigenvalue weighted by Gasteiger charge is 2.29. The zero-order valence-electron chi connectivity index (χ0n) is 9.94. The molecular formula is C13H24O. The highest BCUT2D eigenvalue weighted by molar-refractivity contribution is 5.81. The summed E-state index contributed by atoms with van der Waals surface area (Å²) in [5.74, 6) is 0.928. The second kappa shape index (κ2) is 4.95. The molecule has 1 heteroatoms. The molecule has 0 aromatic rings. The van der Waals surface area contributed by atoms with Gasteiger partial charge in [-0.15, -0.1) is 0 Å². The van der Waals surface area contributed by atoms with Gasteiger partial charge in [0.15, 0.2) is 0 Å². The summed E-state index contributed by atoms with van der Waals surface area (Å²) >= 11 is 0. The van der Waals surface area contributed by atoms with Crippen molar-refractivity contribution in [2.45, 2.75) is 65.7 Å². The van der Waals surface area contributed by atoms with E-state index in [1.807, 2.05) is 0 Å². The van der Waals surface area contributed by atoms with E-state index in [4.69, 9.17) is 0 Å². The Morgan fingerprint density at radius 1 is 1.29 bits per heavy atom. The first-order chi connectivity index (χ1) is 6.55. The lowest BCUT2D eigenvalue weighted by Crippen LogP contribution is -2.26. The fraction of sp³-hybridized carbons (Fsp3) is 0.923. The number of Topliss-reactive ketones (excluding diaryl/α,β-unsaturated/α-hetero) is 1. The van der Waals surface area contributed by atoms with Crippen molar-refractivity contribution in [2.24, 2.45) is 11.3 Å². The van der Waals surface area contributed by atoms with Gasteiger partial charge in [0.25, 0.3) is 0 Å². The fourth-order valence-corrected chi connectivity index (χ4v) is 2.28. The Hall–Kier alpha value is -0.330. The standard InChI is InChI=1S/C13H24O/c1-4-5-6-12(14)11-7-9-13(2,3)10-8-11/h11H,4-10H2,1-3H3. The first-order valence-corrected chi connectivity index (χ1v) is 6.08. The van der Waals surface area contributed by atoms with Gasteiger partial charge in [-0.2, -0.15) is 0 Å². The number of rotatable bonds is 4. The number of hydrogen-bond acceptors (Lipinski definition) is 1. The lowest BCUT2D eigenvalue weighted by Gasteiger charge is -2.33. The molecule has 0 radical (unpaired) electrons. The van der Waals surface area contributed by atoms with Gasteiger partial charge in [-0.3, -0.25) is 4.79 Å². The van der Waals surface area contributed by atoms with Gasteiger partial charge >= 0.3 is 0 Å². The molecule has 1 saturated carbocycles. The molecule has 0 bridgehead atoms. The number of carbonyl (C=O) groups is 1. The van der Waals surface area contributed by atoms with E-state index in [1.54, 1.807) is 0 Å². The van der Waals surface area contributed by atoms with Crippen LogP contribution in [0.3, 0.4) is 0 Å². The van der Waals surface area contributed by atoms with E-state index in [-0.39, 0.29) is 0 Å². The molecular weight excluding hydrogens is 172 g/mol. The van der Waals surface area contributed by atoms with Crippen LogP contribution in [0, 0.1) is 11.3 Å². The smallest absolute Gasteiger partial charge is 0.135 e. The van der Waals surface area contributed by atoms with E-state index in [0.717, 1.165) is 32.1 Å². The van der Waals surface area contributed by atoms with Crippen LogP contribution in [0.4, 0.5) is 0 Å². The second-order valence-electron chi connectivity index (χ2n) is 5.51. The van der Waals surface area contributed by atoms with Gasteiger partial charge < -0.3 is 0 Å². The minimum absolute atomic E-state index is 0.398. The van der Waals surface area contributed by atoms with Crippen LogP contribution in [0.15, 0.2) is 0 Å². The van der Waals surface area contributed by atoms with Crippen molar-refractivity contribution in [2.75, 3.05) is 0 Å². The summed E-state index contributed by atoms with van der Waals surface area (Å²) in [6.07, 6.45) is 7.78. The molecule has 0 saturated heterocycles. The summed E-state index contributed by atoms with van der Waals surface area (Å²) in [6.45, 7) is 6.79. The van der Waals surface area contributed by atoms with Crippen LogP contribution < -0.4 is 0 Å². The molecule has 1 nitrogen and oxygen atoms in total. The van der Waals surface area contributed by atoms with Crippen molar-refractivity contribution >= 4 is 5.78 Å². The molecule has 0 heterocycles. The average Bonchev–Trinajstić information content (AvgIpc) is 2.14. The van der Waals surface area contributed by atoms with E-state index in [9.17, 15) is 4.79 Å². The Labute approximate surface area is 88.3 Å². The molecule has 0 unspecified atom stereocenters. The van der Waals surface area contributed by atoms with E-state index in [2.05, 4.69) is 20.8 Å². The molecule has 1 aliphatic carbocycles. The van der Waals surface area contributed by atoms with Crippen molar-refractivity contribution in [3.63, 3.8) is 0 Å². The van der Waals surface area contributed by atoms with E-state index >= 15 is 0 Å². The van der Waals surface area contributed by atoms with Crippen LogP contribution >= 0.6 is 0 Å². The lowest BCUT2D eigenvalue weighted by molar-refractivity contribution is -0.124. The van der Waals surface area contributed by atoms with Gasteiger partial charge in [0.05, 0.1) is 0 Å². The molecule has 0 N–H and O–H groups in total. The van der Waals surface area contributed by atoms with Gasteiger partial charge in [0.1, 0.15) is 5.78 Å². The Bertz CT molecular complexity index is 183. The first kappa shape index (κ1) is 11.7. The van der Waals surface area contributed by atoms with Crippen LogP contribution in [-0.2, 0) is 4.79 Å². The predicted octanol–water partition coefficient (Wildman–Crippen LogP) is 3.96. The third-order valence-electron chi connectivity index (χ3n) is 3.57. The monoisotopic (exact) mass is 196 g/mol. The summed E-state index contributed by atoms with van der Waals surface area (Å²) in [4.78, 5) is 11.8. The van der Waals surface area contributed by atoms with Gasteiger partial charge in [-0.25, -0.2) is 0 Å². The minimum atomic E-state index is 0.398. The van der Waals surface area contributed by atoms with Crippen LogP contribution in [0.1, 0.15) is 65.7 Å². The zero-order chi connectivity index (χ0) is 10.6. The summed E-state index contributed by atoms with van der Waals surface area (Å²) in [5, 5.41) is 0. The number of ketones is 1. The van der Waals surface area contributed by atoms with Crippen LogP contribution in [0.2, 0.25) is 0 Å². The summed E-state index contributed by atoms with van der Waals surface area (Å²) in [6, 6.07) is 0. The largest absolute Gasteiger partial charge is 0.299 e. The average molecular weight is 196 g/mol. The Balaban J connectivity index is 2.30. The lowest BCUT2D eigenvalue weighted by atomic mass is 9.71. The molecule has 82 valence electrons. The van der Waals surface area contributed by atoms with Crippen molar-refractivity contribution in [3.05, 3.63) is 0 Å². The highest BCUT2D eigenvalue weighted by Crippen LogP contribution is 2.38. The number of unbranched alkanes of at least 4 members (excludes halogenated alkanes) is 1. The Kier molecular flexibility index (Phi) is 4.15. The maximum atomic E-state index is 11.8. The number of hydrogen-bond donors (Lipinski definition) is 0. The van der Waals surface area contributed by atoms with Gasteiger partial charge in [0, 0.05) is 12.3 Å². The Morgan fingerprint density at radius 2 is 1.86 bits per heavy atom. The van der Waals surface area contributed by atoms with Gasteiger partial charge in [-0.05, 0) is 37.5 Å². The Morgan fingerprint density at radius 3 is 2.36 bits per heavy atom. The minimum Gasteiger partial charge on any atom is -0.299 e. The van der Waals surface area contributed by atoms with Crippen LogP contribution in [0.5, 0.6) is 0 Å². The molecule has 0 aliphatic heterocycles. The third-order valence-corrected chi connectivity index (χ3v) is 3.57. The highest BCUT2D eigenvalue weighted by atomic mass is 16.1. The maximum absolute atomic E-state index is 11.8. The molecule has 1 rings (SSSR count). The molecule has 1 aliphatic rings. The van der Waals surface area contributed by atoms with Crippen molar-refractivity contribution in [1.82, 2.24) is 0 Å². The molecule has 1 fully saturated rings. The van der Waals surface area contributed by atoms with E-state index < -0.39 is 0 Å². The molecule has 0 amide bonds. The molecule has 14 heavy (non-hydrogen) atoms. The van der Waals surface area contributed by atoms with Crippen LogP contribution in [0.25, 0.3) is 0 Å². The SMILES string of the molecule is CCCCC(=O)C1CCC(C)(C)CC1. The van der Waals surface area contributed by atoms with E-state index in [0.29, 0.717) is 17.1 Å². The molecule has 0 aromatic heterocycles. The van der Waals surface area contributed by atoms with Crippen molar-refractivity contribution in [3.8, 4) is 0 Å². The fourth-order valence-electron chi connectivity index (χ4n) is 2.28.